The summed E-state index contributed by atoms with van der Waals surface area (Å²) >= 11 is 0. The van der Waals surface area contributed by atoms with E-state index < -0.39 is 0 Å². The van der Waals surface area contributed by atoms with Crippen LogP contribution in [0.3, 0.4) is 0 Å². The molecule has 0 aliphatic carbocycles. The average molecular weight is 354 g/mol. The fourth-order valence-electron chi connectivity index (χ4n) is 3.00. The standard InChI is InChI=1S/C25H22O2/c1-27-25(26)18-17-23(21-13-7-3-8-14-21)24(22-15-9-4-10-16-22)19-20-11-5-2-6-12-20/h2-18H,19H2,1H3/b18-17+,24-23-. The van der Waals surface area contributed by atoms with E-state index in [0.717, 1.165) is 28.7 Å². The van der Waals surface area contributed by atoms with Gasteiger partial charge in [-0.15, -0.1) is 0 Å². The molecule has 0 spiro atoms. The van der Waals surface area contributed by atoms with Gasteiger partial charge in [0.1, 0.15) is 0 Å². The third kappa shape index (κ3) is 5.05. The Labute approximate surface area is 160 Å². The molecule has 27 heavy (non-hydrogen) atoms. The average Bonchev–Trinajstić information content (AvgIpc) is 2.75. The van der Waals surface area contributed by atoms with Crippen LogP contribution in [0, 0.1) is 0 Å². The molecular formula is C25H22O2. The van der Waals surface area contributed by atoms with Gasteiger partial charge in [-0.3, -0.25) is 0 Å². The lowest BCUT2D eigenvalue weighted by atomic mass is 9.90. The van der Waals surface area contributed by atoms with E-state index in [-0.39, 0.29) is 5.97 Å². The van der Waals surface area contributed by atoms with E-state index in [4.69, 9.17) is 4.74 Å². The van der Waals surface area contributed by atoms with Crippen molar-refractivity contribution in [3.05, 3.63) is 120 Å². The third-order valence-corrected chi connectivity index (χ3v) is 4.34. The summed E-state index contributed by atoms with van der Waals surface area (Å²) in [4.78, 5) is 11.7. The highest BCUT2D eigenvalue weighted by molar-refractivity contribution is 5.98. The minimum absolute atomic E-state index is 0.365. The summed E-state index contributed by atoms with van der Waals surface area (Å²) in [5, 5.41) is 0. The van der Waals surface area contributed by atoms with Crippen molar-refractivity contribution >= 4 is 17.1 Å². The fraction of sp³-hybridized carbons (Fsp3) is 0.0800. The van der Waals surface area contributed by atoms with Crippen molar-refractivity contribution in [3.8, 4) is 0 Å². The number of allylic oxidation sites excluding steroid dienone is 3. The number of rotatable bonds is 6. The van der Waals surface area contributed by atoms with Gasteiger partial charge in [-0.05, 0) is 40.3 Å². The highest BCUT2D eigenvalue weighted by atomic mass is 16.5. The number of esters is 1. The van der Waals surface area contributed by atoms with Crippen LogP contribution >= 0.6 is 0 Å². The normalized spacial score (nSPS) is 11.9. The Morgan fingerprint density at radius 3 is 1.81 bits per heavy atom. The molecule has 0 bridgehead atoms. The van der Waals surface area contributed by atoms with E-state index >= 15 is 0 Å². The van der Waals surface area contributed by atoms with Crippen LogP contribution in [-0.2, 0) is 16.0 Å². The van der Waals surface area contributed by atoms with E-state index in [2.05, 4.69) is 36.4 Å². The maximum Gasteiger partial charge on any atom is 0.330 e. The monoisotopic (exact) mass is 354 g/mol. The highest BCUT2D eigenvalue weighted by Gasteiger charge is 2.11. The summed E-state index contributed by atoms with van der Waals surface area (Å²) in [6, 6.07) is 30.8. The Bertz CT molecular complexity index is 924. The van der Waals surface area contributed by atoms with Gasteiger partial charge in [-0.1, -0.05) is 91.0 Å². The first-order valence-corrected chi connectivity index (χ1v) is 8.92. The maximum atomic E-state index is 11.7. The Hall–Kier alpha value is -3.39. The summed E-state index contributed by atoms with van der Waals surface area (Å²) < 4.78 is 4.79. The Balaban J connectivity index is 2.18. The first kappa shape index (κ1) is 18.4. The first-order chi connectivity index (χ1) is 13.3. The van der Waals surface area contributed by atoms with Gasteiger partial charge < -0.3 is 4.74 Å². The molecule has 0 aromatic heterocycles. The van der Waals surface area contributed by atoms with Crippen LogP contribution in [0.5, 0.6) is 0 Å². The first-order valence-electron chi connectivity index (χ1n) is 8.92. The summed E-state index contributed by atoms with van der Waals surface area (Å²) in [6.45, 7) is 0. The van der Waals surface area contributed by atoms with Crippen molar-refractivity contribution in [1.29, 1.82) is 0 Å². The van der Waals surface area contributed by atoms with Crippen LogP contribution in [0.4, 0.5) is 0 Å². The zero-order valence-corrected chi connectivity index (χ0v) is 15.3. The minimum Gasteiger partial charge on any atom is -0.466 e. The van der Waals surface area contributed by atoms with E-state index in [1.807, 2.05) is 60.7 Å². The highest BCUT2D eigenvalue weighted by Crippen LogP contribution is 2.30. The Morgan fingerprint density at radius 2 is 1.26 bits per heavy atom. The van der Waals surface area contributed by atoms with E-state index in [9.17, 15) is 4.79 Å². The predicted octanol–water partition coefficient (Wildman–Crippen LogP) is 5.57. The SMILES string of the molecule is COC(=O)/C=C/C(=C(\Cc1ccccc1)c1ccccc1)c1ccccc1. The molecular weight excluding hydrogens is 332 g/mol. The Kier molecular flexibility index (Phi) is 6.37. The minimum atomic E-state index is -0.365. The van der Waals surface area contributed by atoms with E-state index in [0.29, 0.717) is 0 Å². The van der Waals surface area contributed by atoms with Gasteiger partial charge in [0.15, 0.2) is 0 Å². The van der Waals surface area contributed by atoms with Crippen LogP contribution in [-0.4, -0.2) is 13.1 Å². The van der Waals surface area contributed by atoms with Crippen molar-refractivity contribution in [2.75, 3.05) is 7.11 Å². The number of hydrogen-bond acceptors (Lipinski definition) is 2. The largest absolute Gasteiger partial charge is 0.466 e. The summed E-state index contributed by atoms with van der Waals surface area (Å²) in [6.07, 6.45) is 4.10. The molecule has 0 saturated carbocycles. The summed E-state index contributed by atoms with van der Waals surface area (Å²) in [5.74, 6) is -0.365. The lowest BCUT2D eigenvalue weighted by molar-refractivity contribution is -0.134. The zero-order valence-electron chi connectivity index (χ0n) is 15.3. The number of benzene rings is 3. The molecule has 0 fully saturated rings. The second-order valence-corrected chi connectivity index (χ2v) is 6.14. The molecule has 0 aliphatic heterocycles. The molecule has 3 aromatic carbocycles. The number of methoxy groups -OCH3 is 1. The lowest BCUT2D eigenvalue weighted by Gasteiger charge is -2.15. The molecule has 0 N–H and O–H groups in total. The molecule has 0 aliphatic rings. The molecule has 0 amide bonds. The van der Waals surface area contributed by atoms with Crippen molar-refractivity contribution in [1.82, 2.24) is 0 Å². The van der Waals surface area contributed by atoms with Crippen molar-refractivity contribution in [2.45, 2.75) is 6.42 Å². The molecule has 0 radical (unpaired) electrons. The van der Waals surface area contributed by atoms with Crippen LogP contribution in [0.1, 0.15) is 16.7 Å². The molecule has 0 saturated heterocycles. The van der Waals surface area contributed by atoms with Crippen LogP contribution < -0.4 is 0 Å². The van der Waals surface area contributed by atoms with Crippen molar-refractivity contribution in [2.24, 2.45) is 0 Å². The summed E-state index contributed by atoms with van der Waals surface area (Å²) in [5.41, 5.74) is 5.59. The smallest absolute Gasteiger partial charge is 0.330 e. The Morgan fingerprint density at radius 1 is 0.741 bits per heavy atom. The molecule has 134 valence electrons. The van der Waals surface area contributed by atoms with E-state index in [1.165, 1.54) is 18.7 Å². The van der Waals surface area contributed by atoms with Gasteiger partial charge in [0.05, 0.1) is 7.11 Å². The molecule has 2 nitrogen and oxygen atoms in total. The second-order valence-electron chi connectivity index (χ2n) is 6.14. The predicted molar refractivity (Wildman–Crippen MR) is 111 cm³/mol. The molecule has 0 unspecified atom stereocenters. The molecule has 0 atom stereocenters. The number of carbonyl (C=O) groups is 1. The maximum absolute atomic E-state index is 11.7. The second kappa shape index (κ2) is 9.35. The third-order valence-electron chi connectivity index (χ3n) is 4.34. The molecule has 0 heterocycles. The van der Waals surface area contributed by atoms with E-state index in [1.54, 1.807) is 0 Å². The lowest BCUT2D eigenvalue weighted by Crippen LogP contribution is -1.98. The van der Waals surface area contributed by atoms with Gasteiger partial charge in [0.2, 0.25) is 0 Å². The van der Waals surface area contributed by atoms with Gasteiger partial charge in [0.25, 0.3) is 0 Å². The topological polar surface area (TPSA) is 26.3 Å². The van der Waals surface area contributed by atoms with Gasteiger partial charge in [0, 0.05) is 6.08 Å². The molecule has 3 rings (SSSR count). The van der Waals surface area contributed by atoms with Crippen molar-refractivity contribution in [3.63, 3.8) is 0 Å². The van der Waals surface area contributed by atoms with Crippen LogP contribution in [0.25, 0.3) is 11.1 Å². The number of carbonyl (C=O) groups excluding carboxylic acids is 1. The fourth-order valence-corrected chi connectivity index (χ4v) is 3.00. The quantitative estimate of drug-likeness (QED) is 0.250. The molecule has 3 aromatic rings. The number of hydrogen-bond donors (Lipinski definition) is 0. The van der Waals surface area contributed by atoms with Crippen LogP contribution in [0.15, 0.2) is 103 Å². The number of ether oxygens (including phenoxy) is 1. The van der Waals surface area contributed by atoms with Crippen molar-refractivity contribution < 1.29 is 9.53 Å². The zero-order chi connectivity index (χ0) is 18.9. The van der Waals surface area contributed by atoms with Crippen LogP contribution in [0.2, 0.25) is 0 Å². The molecule has 2 heteroatoms. The van der Waals surface area contributed by atoms with Gasteiger partial charge in [-0.25, -0.2) is 4.79 Å². The summed E-state index contributed by atoms with van der Waals surface area (Å²) in [7, 11) is 1.39. The van der Waals surface area contributed by atoms with Gasteiger partial charge in [-0.2, -0.15) is 0 Å². The van der Waals surface area contributed by atoms with Gasteiger partial charge >= 0.3 is 5.97 Å².